The van der Waals surface area contributed by atoms with Crippen molar-refractivity contribution in [2.45, 2.75) is 0 Å². The zero-order chi connectivity index (χ0) is 19.7. The summed E-state index contributed by atoms with van der Waals surface area (Å²) in [5, 5.41) is 15.1. The molecule has 0 heterocycles. The zero-order valence-electron chi connectivity index (χ0n) is 16.4. The van der Waals surface area contributed by atoms with Crippen LogP contribution in [-0.2, 0) is 0 Å². The molecule has 6 rings (SSSR count). The van der Waals surface area contributed by atoms with E-state index in [0.717, 1.165) is 0 Å². The van der Waals surface area contributed by atoms with E-state index >= 15 is 0 Å². The van der Waals surface area contributed by atoms with Crippen molar-refractivity contribution >= 4 is 64.6 Å². The van der Waals surface area contributed by atoms with E-state index in [-0.39, 0.29) is 0 Å². The molecule has 0 spiro atoms. The van der Waals surface area contributed by atoms with Crippen molar-refractivity contribution in [2.75, 3.05) is 0 Å². The lowest BCUT2D eigenvalue weighted by Crippen LogP contribution is -1.76. The van der Waals surface area contributed by atoms with Gasteiger partial charge in [0.15, 0.2) is 0 Å². The van der Waals surface area contributed by atoms with Gasteiger partial charge in [-0.2, -0.15) is 0 Å². The van der Waals surface area contributed by atoms with Gasteiger partial charge in [0.25, 0.3) is 0 Å². The van der Waals surface area contributed by atoms with Crippen LogP contribution in [0.4, 0.5) is 0 Å². The van der Waals surface area contributed by atoms with Crippen LogP contribution in [0.15, 0.2) is 109 Å². The zero-order valence-corrected chi connectivity index (χ0v) is 16.4. The minimum atomic E-state index is 1.26. The average molecular weight is 378 g/mol. The fraction of sp³-hybridized carbons (Fsp3) is 0. The average Bonchev–Trinajstić information content (AvgIpc) is 2.74. The van der Waals surface area contributed by atoms with Gasteiger partial charge in [-0.25, -0.2) is 0 Å². The maximum atomic E-state index is 2.31. The topological polar surface area (TPSA) is 0 Å². The first-order valence-corrected chi connectivity index (χ1v) is 10.4. The molecule has 0 saturated heterocycles. The molecule has 0 N–H and O–H groups in total. The lowest BCUT2D eigenvalue weighted by Gasteiger charge is -2.02. The highest BCUT2D eigenvalue weighted by atomic mass is 14.1. The number of hydrogen-bond acceptors (Lipinski definition) is 0. The van der Waals surface area contributed by atoms with Gasteiger partial charge < -0.3 is 0 Å². The Morgan fingerprint density at radius 2 is 0.267 bits per heavy atom. The summed E-state index contributed by atoms with van der Waals surface area (Å²) in [5.74, 6) is 0. The number of rotatable bonds is 0. The van der Waals surface area contributed by atoms with Gasteiger partial charge in [-0.15, -0.1) is 0 Å². The summed E-state index contributed by atoms with van der Waals surface area (Å²) in [6.07, 6.45) is 0. The van der Waals surface area contributed by atoms with Crippen LogP contribution in [0.3, 0.4) is 0 Å². The molecule has 0 radical (unpaired) electrons. The molecule has 0 saturated carbocycles. The van der Waals surface area contributed by atoms with Gasteiger partial charge in [0, 0.05) is 0 Å². The number of fused-ring (bicyclic) bond motifs is 6. The Bertz CT molecular complexity index is 1320. The van der Waals surface area contributed by atoms with E-state index in [0.29, 0.717) is 0 Å². The van der Waals surface area contributed by atoms with Crippen molar-refractivity contribution in [1.29, 1.82) is 0 Å². The van der Waals surface area contributed by atoms with Crippen molar-refractivity contribution in [3.63, 3.8) is 0 Å². The number of hydrogen-bond donors (Lipinski definition) is 0. The minimum Gasteiger partial charge on any atom is -0.0537 e. The highest BCUT2D eigenvalue weighted by Crippen LogP contribution is 2.29. The van der Waals surface area contributed by atoms with E-state index in [4.69, 9.17) is 0 Å². The molecular formula is C30H18. The molecule has 0 aliphatic rings. The van der Waals surface area contributed by atoms with Crippen LogP contribution in [0, 0.1) is 0 Å². The first-order chi connectivity index (χ1) is 14.8. The summed E-state index contributed by atoms with van der Waals surface area (Å²) in [7, 11) is 0. The van der Waals surface area contributed by atoms with Gasteiger partial charge in [0.2, 0.25) is 0 Å². The number of benzene rings is 3. The first-order valence-electron chi connectivity index (χ1n) is 10.4. The molecule has 0 atom stereocenters. The molecule has 0 bridgehead atoms. The Hall–Kier alpha value is -3.90. The highest BCUT2D eigenvalue weighted by Gasteiger charge is 2.02. The van der Waals surface area contributed by atoms with Gasteiger partial charge in [-0.1, -0.05) is 72.8 Å². The third kappa shape index (κ3) is 2.34. The maximum Gasteiger partial charge on any atom is -0.0177 e. The summed E-state index contributed by atoms with van der Waals surface area (Å²) >= 11 is 0. The van der Waals surface area contributed by atoms with E-state index in [1.807, 2.05) is 0 Å². The third-order valence-corrected chi connectivity index (χ3v) is 6.52. The predicted octanol–water partition coefficient (Wildman–Crippen LogP) is 8.61. The Morgan fingerprint density at radius 3 is 0.367 bits per heavy atom. The van der Waals surface area contributed by atoms with Crippen LogP contribution in [0.1, 0.15) is 0 Å². The fourth-order valence-corrected chi connectivity index (χ4v) is 4.81. The molecular weight excluding hydrogens is 360 g/mol. The fourth-order valence-electron chi connectivity index (χ4n) is 4.81. The van der Waals surface area contributed by atoms with E-state index in [2.05, 4.69) is 109 Å². The minimum absolute atomic E-state index is 1.26. The molecule has 0 unspecified atom stereocenters. The van der Waals surface area contributed by atoms with Crippen LogP contribution < -0.4 is 0 Å². The van der Waals surface area contributed by atoms with Crippen LogP contribution in [0.2, 0.25) is 0 Å². The molecule has 0 amide bonds. The van der Waals surface area contributed by atoms with Crippen LogP contribution >= 0.6 is 0 Å². The van der Waals surface area contributed by atoms with Crippen molar-refractivity contribution < 1.29 is 0 Å². The summed E-state index contributed by atoms with van der Waals surface area (Å²) in [6, 6.07) is 40.9. The second-order valence-corrected chi connectivity index (χ2v) is 8.33. The lowest BCUT2D eigenvalue weighted by molar-refractivity contribution is 1.82. The normalized spacial score (nSPS) is 12.0. The second kappa shape index (κ2) is 5.81. The van der Waals surface area contributed by atoms with E-state index < -0.39 is 0 Å². The first kappa shape index (κ1) is 16.0. The summed E-state index contributed by atoms with van der Waals surface area (Å²) < 4.78 is 0. The van der Waals surface area contributed by atoms with Crippen LogP contribution in [-0.4, -0.2) is 0 Å². The molecule has 0 nitrogen and oxygen atoms in total. The smallest absolute Gasteiger partial charge is 0.0177 e. The van der Waals surface area contributed by atoms with Gasteiger partial charge >= 0.3 is 0 Å². The Kier molecular flexibility index (Phi) is 3.09. The molecule has 6 aromatic carbocycles. The van der Waals surface area contributed by atoms with Crippen LogP contribution in [0.5, 0.6) is 0 Å². The maximum absolute atomic E-state index is 2.31. The quantitative estimate of drug-likeness (QED) is 0.248. The van der Waals surface area contributed by atoms with Gasteiger partial charge in [0.05, 0.1) is 0 Å². The molecule has 30 heavy (non-hydrogen) atoms. The summed E-state index contributed by atoms with van der Waals surface area (Å²) in [4.78, 5) is 0. The van der Waals surface area contributed by atoms with E-state index in [1.54, 1.807) is 0 Å². The van der Waals surface area contributed by atoms with Crippen LogP contribution in [0.25, 0.3) is 64.6 Å². The largest absolute Gasteiger partial charge is 0.0537 e. The molecule has 0 aromatic heterocycles. The van der Waals surface area contributed by atoms with Gasteiger partial charge in [-0.05, 0) is 101 Å². The predicted molar refractivity (Wildman–Crippen MR) is 131 cm³/mol. The van der Waals surface area contributed by atoms with Crippen molar-refractivity contribution in [3.05, 3.63) is 109 Å². The molecule has 6 aromatic rings. The van der Waals surface area contributed by atoms with Crippen molar-refractivity contribution in [3.8, 4) is 0 Å². The molecule has 0 aliphatic carbocycles. The van der Waals surface area contributed by atoms with Gasteiger partial charge in [-0.3, -0.25) is 0 Å². The molecule has 0 heteroatoms. The van der Waals surface area contributed by atoms with E-state index in [1.165, 1.54) is 64.6 Å². The SMILES string of the molecule is c1cc2cc3ccc4cc5ccc6cc1c1ccc2cc3ccc4cc5ccc6c1. The standard InChI is InChI=1S/C30H18/c1-2-20-14-24-7-9-28-17-27-6-5-22-13-19(1)21-3-4-23(20)16-26(24)11-12-30(28)18-29(27)10-8-25(22)15-21/h1-18H. The van der Waals surface area contributed by atoms with Gasteiger partial charge in [0.1, 0.15) is 0 Å². The molecule has 0 fully saturated rings. The summed E-state index contributed by atoms with van der Waals surface area (Å²) in [5.41, 5.74) is 0. The van der Waals surface area contributed by atoms with Crippen molar-refractivity contribution in [1.82, 2.24) is 0 Å². The summed E-state index contributed by atoms with van der Waals surface area (Å²) in [6.45, 7) is 0. The molecule has 0 aliphatic heterocycles. The third-order valence-electron chi connectivity index (χ3n) is 6.52. The van der Waals surface area contributed by atoms with E-state index in [9.17, 15) is 0 Å². The highest BCUT2D eigenvalue weighted by molar-refractivity contribution is 6.04. The Balaban J connectivity index is 1.89. The second-order valence-electron chi connectivity index (χ2n) is 8.33. The lowest BCUT2D eigenvalue weighted by atomic mass is 10.0. The van der Waals surface area contributed by atoms with Crippen molar-refractivity contribution in [2.24, 2.45) is 0 Å². The Labute approximate surface area is 174 Å². The molecule has 138 valence electrons. The monoisotopic (exact) mass is 378 g/mol. The Morgan fingerprint density at radius 1 is 0.167 bits per heavy atom.